The van der Waals surface area contributed by atoms with Gasteiger partial charge in [0.1, 0.15) is 5.65 Å². The van der Waals surface area contributed by atoms with E-state index in [1.54, 1.807) is 4.90 Å². The van der Waals surface area contributed by atoms with Gasteiger partial charge in [0.25, 0.3) is 5.91 Å². The summed E-state index contributed by atoms with van der Waals surface area (Å²) in [7, 11) is 1.81. The summed E-state index contributed by atoms with van der Waals surface area (Å²) in [5.41, 5.74) is 5.48. The predicted molar refractivity (Wildman–Crippen MR) is 107 cm³/mol. The second-order valence-electron chi connectivity index (χ2n) is 7.43. The molecule has 0 atom stereocenters. The Balaban J connectivity index is 1.36. The fourth-order valence-corrected chi connectivity index (χ4v) is 3.46. The molecule has 6 nitrogen and oxygen atoms in total. The number of nitrogens with zero attached hydrogens (tertiary/aromatic N) is 4. The van der Waals surface area contributed by atoms with Gasteiger partial charge in [0.15, 0.2) is 0 Å². The number of nitrogens with one attached hydrogen (secondary N) is 1. The van der Waals surface area contributed by atoms with Crippen molar-refractivity contribution in [2.24, 2.45) is 0 Å². The summed E-state index contributed by atoms with van der Waals surface area (Å²) < 4.78 is 1.91. The first-order chi connectivity index (χ1) is 13.7. The van der Waals surface area contributed by atoms with E-state index in [0.29, 0.717) is 18.0 Å². The van der Waals surface area contributed by atoms with Gasteiger partial charge >= 0.3 is 0 Å². The van der Waals surface area contributed by atoms with Crippen molar-refractivity contribution >= 4 is 11.6 Å². The number of hydrogen-bond acceptors (Lipinski definition) is 3. The van der Waals surface area contributed by atoms with Crippen molar-refractivity contribution in [2.45, 2.75) is 25.3 Å². The fourth-order valence-electron chi connectivity index (χ4n) is 3.46. The highest BCUT2D eigenvalue weighted by molar-refractivity contribution is 5.94. The van der Waals surface area contributed by atoms with E-state index in [4.69, 9.17) is 0 Å². The maximum Gasteiger partial charge on any atom is 0.255 e. The topological polar surface area (TPSA) is 66.3 Å². The van der Waals surface area contributed by atoms with Crippen LogP contribution in [0.3, 0.4) is 0 Å². The van der Waals surface area contributed by atoms with E-state index in [1.165, 1.54) is 12.8 Å². The van der Waals surface area contributed by atoms with Crippen LogP contribution in [0.5, 0.6) is 0 Å². The van der Waals surface area contributed by atoms with Crippen molar-refractivity contribution in [3.8, 4) is 11.3 Å². The number of aromatic amines is 1. The molecule has 1 aromatic carbocycles. The summed E-state index contributed by atoms with van der Waals surface area (Å²) in [6.45, 7) is 0.510. The molecule has 0 radical (unpaired) electrons. The number of pyridine rings is 1. The highest BCUT2D eigenvalue weighted by atomic mass is 16.2. The molecule has 1 fully saturated rings. The number of H-pyrrole nitrogens is 1. The van der Waals surface area contributed by atoms with E-state index in [2.05, 4.69) is 21.2 Å². The Morgan fingerprint density at radius 3 is 2.79 bits per heavy atom. The third-order valence-electron chi connectivity index (χ3n) is 5.17. The first kappa shape index (κ1) is 16.7. The summed E-state index contributed by atoms with van der Waals surface area (Å²) >= 11 is 0. The first-order valence-corrected chi connectivity index (χ1v) is 9.51. The molecule has 6 heteroatoms. The minimum Gasteiger partial charge on any atom is -0.336 e. The van der Waals surface area contributed by atoms with Gasteiger partial charge in [-0.05, 0) is 31.0 Å². The maximum absolute atomic E-state index is 12.9. The zero-order chi connectivity index (χ0) is 19.1. The van der Waals surface area contributed by atoms with E-state index in [1.807, 2.05) is 66.3 Å². The number of hydrogen-bond donors (Lipinski definition) is 1. The molecule has 1 aliphatic carbocycles. The second kappa shape index (κ2) is 6.64. The van der Waals surface area contributed by atoms with E-state index in [0.717, 1.165) is 28.3 Å². The highest BCUT2D eigenvalue weighted by Crippen LogP contribution is 2.39. The summed E-state index contributed by atoms with van der Waals surface area (Å²) in [4.78, 5) is 19.2. The smallest absolute Gasteiger partial charge is 0.255 e. The molecule has 1 aliphatic rings. The van der Waals surface area contributed by atoms with Gasteiger partial charge in [-0.25, -0.2) is 4.98 Å². The zero-order valence-electron chi connectivity index (χ0n) is 15.7. The first-order valence-electron chi connectivity index (χ1n) is 9.51. The van der Waals surface area contributed by atoms with Crippen LogP contribution in [0.25, 0.3) is 16.9 Å². The highest BCUT2D eigenvalue weighted by Gasteiger charge is 2.26. The average Bonchev–Trinajstić information content (AvgIpc) is 3.32. The maximum atomic E-state index is 12.9. The molecule has 3 aromatic heterocycles. The molecule has 1 N–H and O–H groups in total. The molecule has 0 bridgehead atoms. The normalized spacial score (nSPS) is 13.8. The third kappa shape index (κ3) is 3.17. The lowest BCUT2D eigenvalue weighted by atomic mass is 10.2. The lowest BCUT2D eigenvalue weighted by molar-refractivity contribution is 0.0783. The summed E-state index contributed by atoms with van der Waals surface area (Å²) in [6, 6.07) is 15.8. The minimum atomic E-state index is -0.0283. The molecule has 3 heterocycles. The van der Waals surface area contributed by atoms with Crippen LogP contribution in [0.1, 0.15) is 40.5 Å². The molecule has 1 amide bonds. The predicted octanol–water partition coefficient (Wildman–Crippen LogP) is 3.87. The van der Waals surface area contributed by atoms with Crippen LogP contribution >= 0.6 is 0 Å². The van der Waals surface area contributed by atoms with Crippen LogP contribution in [0, 0.1) is 0 Å². The van der Waals surface area contributed by atoms with E-state index in [-0.39, 0.29) is 5.91 Å². The Hall–Kier alpha value is -3.41. The molecule has 5 rings (SSSR count). The van der Waals surface area contributed by atoms with Crippen LogP contribution in [0.2, 0.25) is 0 Å². The van der Waals surface area contributed by atoms with Crippen LogP contribution in [-0.2, 0) is 6.54 Å². The number of aromatic nitrogens is 4. The van der Waals surface area contributed by atoms with E-state index < -0.39 is 0 Å². The number of fused-ring (bicyclic) bond motifs is 1. The minimum absolute atomic E-state index is 0.0283. The number of carbonyl (C=O) groups excluding carboxylic acids is 1. The quantitative estimate of drug-likeness (QED) is 0.579. The van der Waals surface area contributed by atoms with Gasteiger partial charge in [-0.1, -0.05) is 30.3 Å². The third-order valence-corrected chi connectivity index (χ3v) is 5.17. The Labute approximate surface area is 162 Å². The molecular weight excluding hydrogens is 350 g/mol. The number of amides is 1. The molecule has 4 aromatic rings. The summed E-state index contributed by atoms with van der Waals surface area (Å²) in [5.74, 6) is 0.577. The van der Waals surface area contributed by atoms with Crippen molar-refractivity contribution in [3.05, 3.63) is 77.9 Å². The second-order valence-corrected chi connectivity index (χ2v) is 7.43. The molecule has 0 aliphatic heterocycles. The van der Waals surface area contributed by atoms with Crippen molar-refractivity contribution in [2.75, 3.05) is 7.05 Å². The largest absolute Gasteiger partial charge is 0.336 e. The van der Waals surface area contributed by atoms with Crippen LogP contribution in [0.4, 0.5) is 0 Å². The van der Waals surface area contributed by atoms with Crippen molar-refractivity contribution < 1.29 is 4.79 Å². The molecule has 1 saturated carbocycles. The fraction of sp³-hybridized carbons (Fsp3) is 0.227. The lowest BCUT2D eigenvalue weighted by Crippen LogP contribution is -2.26. The molecule has 0 saturated heterocycles. The van der Waals surface area contributed by atoms with Gasteiger partial charge in [0.05, 0.1) is 29.2 Å². The van der Waals surface area contributed by atoms with Crippen molar-refractivity contribution in [1.29, 1.82) is 0 Å². The standard InChI is InChI=1S/C22H21N5O/c1-26(13-18-11-19(25-24-18)16-7-8-16)22(28)17-9-10-21-23-20(14-27(21)12-17)15-5-3-2-4-6-15/h2-6,9-12,14,16H,7-8,13H2,1H3,(H,24,25). The van der Waals surface area contributed by atoms with Crippen LogP contribution in [0.15, 0.2) is 60.9 Å². The summed E-state index contributed by atoms with van der Waals surface area (Å²) in [5, 5.41) is 7.42. The van der Waals surface area contributed by atoms with Gasteiger partial charge in [0, 0.05) is 30.9 Å². The van der Waals surface area contributed by atoms with Crippen LogP contribution < -0.4 is 0 Å². The summed E-state index contributed by atoms with van der Waals surface area (Å²) in [6.07, 6.45) is 6.23. The van der Waals surface area contributed by atoms with Gasteiger partial charge in [-0.2, -0.15) is 5.10 Å². The zero-order valence-corrected chi connectivity index (χ0v) is 15.7. The van der Waals surface area contributed by atoms with Crippen molar-refractivity contribution in [1.82, 2.24) is 24.5 Å². The number of carbonyl (C=O) groups is 1. The van der Waals surface area contributed by atoms with Crippen LogP contribution in [-0.4, -0.2) is 37.4 Å². The lowest BCUT2D eigenvalue weighted by Gasteiger charge is -2.16. The van der Waals surface area contributed by atoms with E-state index >= 15 is 0 Å². The monoisotopic (exact) mass is 371 g/mol. The Morgan fingerprint density at radius 2 is 2.00 bits per heavy atom. The number of benzene rings is 1. The molecule has 140 valence electrons. The average molecular weight is 371 g/mol. The Bertz CT molecular complexity index is 1140. The molecule has 28 heavy (non-hydrogen) atoms. The number of imidazole rings is 1. The molecule has 0 spiro atoms. The van der Waals surface area contributed by atoms with Gasteiger partial charge in [-0.15, -0.1) is 0 Å². The molecule has 0 unspecified atom stereocenters. The van der Waals surface area contributed by atoms with Gasteiger partial charge in [0.2, 0.25) is 0 Å². The van der Waals surface area contributed by atoms with E-state index in [9.17, 15) is 4.79 Å². The van der Waals surface area contributed by atoms with Crippen molar-refractivity contribution in [3.63, 3.8) is 0 Å². The number of rotatable bonds is 5. The molecular formula is C22H21N5O. The van der Waals surface area contributed by atoms with Gasteiger partial charge < -0.3 is 9.30 Å². The Kier molecular flexibility index (Phi) is 3.97. The Morgan fingerprint density at radius 1 is 1.18 bits per heavy atom. The van der Waals surface area contributed by atoms with Gasteiger partial charge in [-0.3, -0.25) is 9.89 Å². The SMILES string of the molecule is CN(Cc1cc(C2CC2)n[nH]1)C(=O)c1ccc2nc(-c3ccccc3)cn2c1.